The molecule has 6 heteroatoms. The summed E-state index contributed by atoms with van der Waals surface area (Å²) < 4.78 is 4.47. The Balaban J connectivity index is 1.67. The number of anilines is 1. The van der Waals surface area contributed by atoms with Gasteiger partial charge in [0.25, 0.3) is 0 Å². The summed E-state index contributed by atoms with van der Waals surface area (Å²) in [5, 5.41) is 5.47. The summed E-state index contributed by atoms with van der Waals surface area (Å²) >= 11 is 1.45. The van der Waals surface area contributed by atoms with E-state index >= 15 is 0 Å². The summed E-state index contributed by atoms with van der Waals surface area (Å²) in [5.41, 5.74) is 1.82. The average Bonchev–Trinajstić information content (AvgIpc) is 3.05. The van der Waals surface area contributed by atoms with E-state index < -0.39 is 0 Å². The van der Waals surface area contributed by atoms with E-state index in [0.29, 0.717) is 0 Å². The minimum absolute atomic E-state index is 0.722. The fraction of sp³-hybridized carbons (Fsp3) is 0.267. The summed E-state index contributed by atoms with van der Waals surface area (Å²) in [6.45, 7) is 3.98. The lowest BCUT2D eigenvalue weighted by Crippen LogP contribution is -2.43. The molecule has 0 bridgehead atoms. The molecule has 1 saturated heterocycles. The molecule has 0 saturated carbocycles. The van der Waals surface area contributed by atoms with Crippen LogP contribution < -0.4 is 10.2 Å². The summed E-state index contributed by atoms with van der Waals surface area (Å²) in [7, 11) is 0. The fourth-order valence-corrected chi connectivity index (χ4v) is 3.22. The maximum atomic E-state index is 4.65. The Labute approximate surface area is 126 Å². The molecule has 21 heavy (non-hydrogen) atoms. The highest BCUT2D eigenvalue weighted by Gasteiger charge is 2.16. The zero-order chi connectivity index (χ0) is 14.1. The van der Waals surface area contributed by atoms with Crippen molar-refractivity contribution in [2.24, 2.45) is 0 Å². The number of nitrogens with zero attached hydrogens (tertiary/aromatic N) is 4. The normalized spacial score (nSPS) is 15.5. The monoisotopic (exact) mass is 297 g/mol. The number of nitrogens with one attached hydrogen (secondary N) is 1. The summed E-state index contributed by atoms with van der Waals surface area (Å²) in [5.74, 6) is 0.722. The zero-order valence-electron chi connectivity index (χ0n) is 11.5. The highest BCUT2D eigenvalue weighted by Crippen LogP contribution is 2.24. The highest BCUT2D eigenvalue weighted by molar-refractivity contribution is 7.09. The molecule has 3 aromatic rings. The lowest BCUT2D eigenvalue weighted by molar-refractivity contribution is 0.588. The van der Waals surface area contributed by atoms with Gasteiger partial charge < -0.3 is 10.2 Å². The third-order valence-electron chi connectivity index (χ3n) is 3.63. The molecule has 2 aromatic heterocycles. The van der Waals surface area contributed by atoms with Crippen LogP contribution in [0.1, 0.15) is 0 Å². The molecule has 0 amide bonds. The number of benzene rings is 1. The summed E-state index contributed by atoms with van der Waals surface area (Å²) in [6, 6.07) is 12.2. The summed E-state index contributed by atoms with van der Waals surface area (Å²) in [4.78, 5) is 11.6. The second-order valence-electron chi connectivity index (χ2n) is 5.03. The van der Waals surface area contributed by atoms with E-state index in [4.69, 9.17) is 0 Å². The van der Waals surface area contributed by atoms with Gasteiger partial charge in [0, 0.05) is 43.1 Å². The smallest absolute Gasteiger partial charge is 0.205 e. The van der Waals surface area contributed by atoms with Crippen molar-refractivity contribution >= 4 is 27.6 Å². The molecule has 1 N–H and O–H groups in total. The lowest BCUT2D eigenvalue weighted by atomic mass is 10.2. The molecule has 1 aromatic carbocycles. The maximum absolute atomic E-state index is 4.65. The number of rotatable bonds is 2. The Bertz CT molecular complexity index is 763. The number of fused-ring (bicyclic) bond motifs is 1. The van der Waals surface area contributed by atoms with Crippen LogP contribution in [0.4, 0.5) is 5.13 Å². The third kappa shape index (κ3) is 2.48. The van der Waals surface area contributed by atoms with E-state index in [2.05, 4.69) is 36.7 Å². The number of hydrogen-bond donors (Lipinski definition) is 1. The first kappa shape index (κ1) is 12.7. The predicted molar refractivity (Wildman–Crippen MR) is 85.7 cm³/mol. The lowest BCUT2D eigenvalue weighted by Gasteiger charge is -2.26. The Morgan fingerprint density at radius 3 is 2.76 bits per heavy atom. The van der Waals surface area contributed by atoms with Gasteiger partial charge in [-0.1, -0.05) is 24.3 Å². The quantitative estimate of drug-likeness (QED) is 0.785. The second kappa shape index (κ2) is 5.38. The Kier molecular flexibility index (Phi) is 3.25. The van der Waals surface area contributed by atoms with Crippen molar-refractivity contribution in [1.82, 2.24) is 19.7 Å². The van der Waals surface area contributed by atoms with Crippen LogP contribution in [-0.4, -0.2) is 40.5 Å². The third-order valence-corrected chi connectivity index (χ3v) is 4.41. The van der Waals surface area contributed by atoms with E-state index in [-0.39, 0.29) is 0 Å². The van der Waals surface area contributed by atoms with Crippen LogP contribution in [0.15, 0.2) is 36.4 Å². The first-order chi connectivity index (χ1) is 10.4. The van der Waals surface area contributed by atoms with Crippen molar-refractivity contribution in [3.63, 3.8) is 0 Å². The van der Waals surface area contributed by atoms with E-state index in [1.807, 2.05) is 24.3 Å². The van der Waals surface area contributed by atoms with Crippen LogP contribution in [0.25, 0.3) is 22.4 Å². The average molecular weight is 297 g/mol. The minimum Gasteiger partial charge on any atom is -0.344 e. The van der Waals surface area contributed by atoms with Crippen molar-refractivity contribution < 1.29 is 0 Å². The Hall–Kier alpha value is -2.05. The summed E-state index contributed by atoms with van der Waals surface area (Å²) in [6.07, 6.45) is 0. The maximum Gasteiger partial charge on any atom is 0.205 e. The van der Waals surface area contributed by atoms with Gasteiger partial charge in [-0.15, -0.1) is 0 Å². The molecule has 0 aliphatic carbocycles. The molecule has 0 spiro atoms. The molecule has 1 aliphatic rings. The molecule has 0 radical (unpaired) electrons. The van der Waals surface area contributed by atoms with E-state index in [0.717, 1.165) is 53.7 Å². The van der Waals surface area contributed by atoms with Gasteiger partial charge in [-0.3, -0.25) is 0 Å². The van der Waals surface area contributed by atoms with Crippen molar-refractivity contribution in [3.05, 3.63) is 36.4 Å². The van der Waals surface area contributed by atoms with Gasteiger partial charge in [0.05, 0.1) is 5.52 Å². The SMILES string of the molecule is c1ccc2nc(-c3nsc(N4CCNCC4)n3)ccc2c1. The molecule has 106 valence electrons. The van der Waals surface area contributed by atoms with Crippen molar-refractivity contribution in [2.75, 3.05) is 31.1 Å². The van der Waals surface area contributed by atoms with Crippen molar-refractivity contribution in [3.8, 4) is 11.5 Å². The van der Waals surface area contributed by atoms with Gasteiger partial charge in [0.15, 0.2) is 5.82 Å². The number of pyridine rings is 1. The fourth-order valence-electron chi connectivity index (χ4n) is 2.49. The molecule has 1 fully saturated rings. The molecule has 4 rings (SSSR count). The van der Waals surface area contributed by atoms with Crippen molar-refractivity contribution in [1.29, 1.82) is 0 Å². The van der Waals surface area contributed by atoms with Gasteiger partial charge in [-0.05, 0) is 12.1 Å². The van der Waals surface area contributed by atoms with Crippen LogP contribution >= 0.6 is 11.5 Å². The molecule has 1 aliphatic heterocycles. The molecule has 5 nitrogen and oxygen atoms in total. The standard InChI is InChI=1S/C15H15N5S/c1-2-4-12-11(3-1)5-6-13(17-12)14-18-15(21-19-14)20-9-7-16-8-10-20/h1-6,16H,7-10H2. The number of piperazine rings is 1. The van der Waals surface area contributed by atoms with Gasteiger partial charge in [-0.2, -0.15) is 9.36 Å². The number of hydrogen-bond acceptors (Lipinski definition) is 6. The predicted octanol–water partition coefficient (Wildman–Crippen LogP) is 2.16. The van der Waals surface area contributed by atoms with Gasteiger partial charge >= 0.3 is 0 Å². The molecule has 0 atom stereocenters. The van der Waals surface area contributed by atoms with Crippen molar-refractivity contribution in [2.45, 2.75) is 0 Å². The Morgan fingerprint density at radius 1 is 1.00 bits per heavy atom. The molecular formula is C15H15N5S. The molecular weight excluding hydrogens is 282 g/mol. The topological polar surface area (TPSA) is 53.9 Å². The minimum atomic E-state index is 0.722. The van der Waals surface area contributed by atoms with Crippen LogP contribution in [0, 0.1) is 0 Å². The first-order valence-corrected chi connectivity index (χ1v) is 7.83. The first-order valence-electron chi connectivity index (χ1n) is 7.06. The van der Waals surface area contributed by atoms with Crippen LogP contribution in [0.3, 0.4) is 0 Å². The largest absolute Gasteiger partial charge is 0.344 e. The number of para-hydroxylation sites is 1. The second-order valence-corrected chi connectivity index (χ2v) is 5.76. The zero-order valence-corrected chi connectivity index (χ0v) is 12.3. The van der Waals surface area contributed by atoms with E-state index in [9.17, 15) is 0 Å². The highest BCUT2D eigenvalue weighted by atomic mass is 32.1. The molecule has 0 unspecified atom stereocenters. The van der Waals surface area contributed by atoms with Gasteiger partial charge in [-0.25, -0.2) is 4.98 Å². The Morgan fingerprint density at radius 2 is 1.86 bits per heavy atom. The van der Waals surface area contributed by atoms with E-state index in [1.165, 1.54) is 11.5 Å². The van der Waals surface area contributed by atoms with E-state index in [1.54, 1.807) is 0 Å². The van der Waals surface area contributed by atoms with Gasteiger partial charge in [0.2, 0.25) is 5.13 Å². The van der Waals surface area contributed by atoms with Crippen LogP contribution in [-0.2, 0) is 0 Å². The molecule has 3 heterocycles. The van der Waals surface area contributed by atoms with Gasteiger partial charge in [0.1, 0.15) is 5.69 Å². The number of aromatic nitrogens is 3. The van der Waals surface area contributed by atoms with Crippen LogP contribution in [0.5, 0.6) is 0 Å². The van der Waals surface area contributed by atoms with Crippen LogP contribution in [0.2, 0.25) is 0 Å².